The third-order valence-corrected chi connectivity index (χ3v) is 10.0. The number of rotatable bonds is 6. The van der Waals surface area contributed by atoms with E-state index in [0.29, 0.717) is 22.7 Å². The monoisotopic (exact) mass is 660 g/mol. The standard InChI is InChI=1S/C39H36N10O/c1-19(21-5-9-23(10-6-21)27-17-29-31(36(40)46-38(42)44-29)25-13-15-48(3)33(25)27)35(50)20(2)22-7-11-24(12-8-22)28-18-30-32(37(41)47-39(43)45-30)26-14-16-49(4)34(26)28/h5-20H,1-4H3,(H4,40,42,44,46)(H4,41,43,45,47). The summed E-state index contributed by atoms with van der Waals surface area (Å²) in [5, 5.41) is 3.49. The van der Waals surface area contributed by atoms with Gasteiger partial charge in [-0.25, -0.2) is 9.97 Å². The molecular formula is C39H36N10O. The van der Waals surface area contributed by atoms with E-state index in [9.17, 15) is 4.79 Å². The first-order valence-electron chi connectivity index (χ1n) is 16.4. The smallest absolute Gasteiger partial charge is 0.222 e. The Balaban J connectivity index is 1.08. The third kappa shape index (κ3) is 4.77. The molecule has 0 aliphatic carbocycles. The molecule has 2 unspecified atom stereocenters. The minimum Gasteiger partial charge on any atom is -0.383 e. The van der Waals surface area contributed by atoms with Gasteiger partial charge in [0.05, 0.1) is 32.8 Å². The van der Waals surface area contributed by atoms with Crippen LogP contribution < -0.4 is 22.9 Å². The number of anilines is 4. The molecule has 4 aromatic heterocycles. The molecule has 0 bridgehead atoms. The SMILES string of the molecule is CC(C(=O)C(C)c1ccc(-c2cc3nc(N)nc(N)c3c3ccn(C)c23)cc1)c1ccc(-c2cc3nc(N)nc(N)c3c3ccn(C)c23)cc1. The van der Waals surface area contributed by atoms with E-state index in [2.05, 4.69) is 53.3 Å². The molecule has 0 radical (unpaired) electrons. The van der Waals surface area contributed by atoms with Gasteiger partial charge in [0, 0.05) is 60.2 Å². The van der Waals surface area contributed by atoms with Crippen molar-refractivity contribution in [3.05, 3.63) is 96.3 Å². The van der Waals surface area contributed by atoms with Crippen LogP contribution in [-0.2, 0) is 18.9 Å². The predicted octanol–water partition coefficient (Wildman–Crippen LogP) is 6.70. The number of carbonyl (C=O) groups excluding carboxylic acids is 1. The molecule has 4 aromatic carbocycles. The zero-order valence-electron chi connectivity index (χ0n) is 28.1. The summed E-state index contributed by atoms with van der Waals surface area (Å²) in [5.74, 6) is 0.507. The number of fused-ring (bicyclic) bond motifs is 6. The maximum Gasteiger partial charge on any atom is 0.222 e. The fourth-order valence-corrected chi connectivity index (χ4v) is 7.38. The summed E-state index contributed by atoms with van der Waals surface area (Å²) < 4.78 is 4.13. The second-order valence-electron chi connectivity index (χ2n) is 13.0. The number of Topliss-reactive ketones (excluding diaryl/α,β-unsaturated/α-hetero) is 1. The first-order valence-corrected chi connectivity index (χ1v) is 16.4. The fraction of sp³-hybridized carbons (Fsp3) is 0.154. The number of nitrogen functional groups attached to an aromatic ring is 4. The topological polar surface area (TPSA) is 183 Å². The van der Waals surface area contributed by atoms with E-state index in [-0.39, 0.29) is 29.5 Å². The van der Waals surface area contributed by atoms with Crippen molar-refractivity contribution in [2.75, 3.05) is 22.9 Å². The van der Waals surface area contributed by atoms with Crippen LogP contribution in [0.1, 0.15) is 36.8 Å². The van der Waals surface area contributed by atoms with Gasteiger partial charge in [0.25, 0.3) is 0 Å². The molecule has 0 amide bonds. The summed E-state index contributed by atoms with van der Waals surface area (Å²) in [6.45, 7) is 3.94. The largest absolute Gasteiger partial charge is 0.383 e. The van der Waals surface area contributed by atoms with Crippen molar-refractivity contribution in [1.29, 1.82) is 0 Å². The molecule has 0 aliphatic heterocycles. The Morgan fingerprint density at radius 1 is 0.580 bits per heavy atom. The summed E-state index contributed by atoms with van der Waals surface area (Å²) in [5.41, 5.74) is 33.7. The molecule has 0 saturated carbocycles. The average Bonchev–Trinajstić information content (AvgIpc) is 3.68. The average molecular weight is 661 g/mol. The number of nitrogens with two attached hydrogens (primary N) is 4. The van der Waals surface area contributed by atoms with E-state index in [0.717, 1.165) is 66.0 Å². The lowest BCUT2D eigenvalue weighted by atomic mass is 9.85. The Hall–Kier alpha value is -6.49. The maximum atomic E-state index is 13.9. The molecule has 50 heavy (non-hydrogen) atoms. The van der Waals surface area contributed by atoms with Gasteiger partial charge < -0.3 is 32.1 Å². The fourth-order valence-electron chi connectivity index (χ4n) is 7.38. The maximum absolute atomic E-state index is 13.9. The van der Waals surface area contributed by atoms with Gasteiger partial charge >= 0.3 is 0 Å². The van der Waals surface area contributed by atoms with Gasteiger partial charge in [-0.1, -0.05) is 62.4 Å². The van der Waals surface area contributed by atoms with E-state index < -0.39 is 0 Å². The van der Waals surface area contributed by atoms with Gasteiger partial charge in [0.2, 0.25) is 11.9 Å². The zero-order valence-corrected chi connectivity index (χ0v) is 28.1. The van der Waals surface area contributed by atoms with Gasteiger partial charge in [-0.2, -0.15) is 9.97 Å². The van der Waals surface area contributed by atoms with Crippen LogP contribution in [0.5, 0.6) is 0 Å². The summed E-state index contributed by atoms with van der Waals surface area (Å²) in [4.78, 5) is 31.2. The van der Waals surface area contributed by atoms with Crippen molar-refractivity contribution < 1.29 is 4.79 Å². The molecule has 0 spiro atoms. The summed E-state index contributed by atoms with van der Waals surface area (Å²) in [7, 11) is 4.00. The lowest BCUT2D eigenvalue weighted by molar-refractivity contribution is -0.121. The highest BCUT2D eigenvalue weighted by Crippen LogP contribution is 2.39. The van der Waals surface area contributed by atoms with E-state index in [1.165, 1.54) is 0 Å². The number of aromatic nitrogens is 6. The van der Waals surface area contributed by atoms with Crippen LogP contribution >= 0.6 is 0 Å². The van der Waals surface area contributed by atoms with Crippen molar-refractivity contribution in [2.45, 2.75) is 25.7 Å². The van der Waals surface area contributed by atoms with Crippen LogP contribution in [0.25, 0.3) is 65.9 Å². The van der Waals surface area contributed by atoms with Crippen molar-refractivity contribution in [2.24, 2.45) is 14.1 Å². The van der Waals surface area contributed by atoms with Crippen molar-refractivity contribution in [3.8, 4) is 22.3 Å². The molecule has 0 aliphatic rings. The first kappa shape index (κ1) is 30.8. The normalized spacial score (nSPS) is 13.0. The number of nitrogens with zero attached hydrogens (tertiary/aromatic N) is 6. The molecule has 8 N–H and O–H groups in total. The van der Waals surface area contributed by atoms with Gasteiger partial charge in [-0.15, -0.1) is 0 Å². The van der Waals surface area contributed by atoms with Crippen LogP contribution in [0, 0.1) is 0 Å². The Bertz CT molecular complexity index is 2470. The summed E-state index contributed by atoms with van der Waals surface area (Å²) in [6, 6.07) is 24.4. The lowest BCUT2D eigenvalue weighted by Crippen LogP contribution is -2.16. The molecule has 2 atom stereocenters. The summed E-state index contributed by atoms with van der Waals surface area (Å²) >= 11 is 0. The van der Waals surface area contributed by atoms with E-state index >= 15 is 0 Å². The highest BCUT2D eigenvalue weighted by atomic mass is 16.1. The molecule has 11 nitrogen and oxygen atoms in total. The van der Waals surface area contributed by atoms with Crippen LogP contribution in [-0.4, -0.2) is 34.9 Å². The van der Waals surface area contributed by atoms with Crippen molar-refractivity contribution >= 4 is 72.9 Å². The molecule has 0 saturated heterocycles. The van der Waals surface area contributed by atoms with Gasteiger partial charge in [-0.3, -0.25) is 4.79 Å². The predicted molar refractivity (Wildman–Crippen MR) is 202 cm³/mol. The van der Waals surface area contributed by atoms with E-state index in [1.807, 2.05) is 88.9 Å². The number of hydrogen-bond acceptors (Lipinski definition) is 9. The second kappa shape index (κ2) is 11.3. The number of carbonyl (C=O) groups is 1. The number of aryl methyl sites for hydroxylation is 2. The lowest BCUT2D eigenvalue weighted by Gasteiger charge is -2.18. The third-order valence-electron chi connectivity index (χ3n) is 10.0. The van der Waals surface area contributed by atoms with Crippen LogP contribution in [0.2, 0.25) is 0 Å². The van der Waals surface area contributed by atoms with Crippen LogP contribution in [0.4, 0.5) is 23.5 Å². The highest BCUT2D eigenvalue weighted by molar-refractivity contribution is 6.16. The zero-order chi connectivity index (χ0) is 35.0. The second-order valence-corrected chi connectivity index (χ2v) is 13.0. The quantitative estimate of drug-likeness (QED) is 0.151. The Kier molecular flexibility index (Phi) is 6.97. The van der Waals surface area contributed by atoms with Crippen molar-refractivity contribution in [1.82, 2.24) is 29.1 Å². The number of benzene rings is 4. The van der Waals surface area contributed by atoms with E-state index in [1.54, 1.807) is 0 Å². The number of ketones is 1. The Morgan fingerprint density at radius 3 is 1.34 bits per heavy atom. The Morgan fingerprint density at radius 2 is 0.960 bits per heavy atom. The first-order chi connectivity index (χ1) is 24.0. The number of hydrogen-bond donors (Lipinski definition) is 4. The molecule has 8 rings (SSSR count). The van der Waals surface area contributed by atoms with Crippen LogP contribution in [0.15, 0.2) is 85.2 Å². The molecule has 0 fully saturated rings. The molecular weight excluding hydrogens is 624 g/mol. The highest BCUT2D eigenvalue weighted by Gasteiger charge is 2.24. The summed E-state index contributed by atoms with van der Waals surface area (Å²) in [6.07, 6.45) is 4.00. The minimum absolute atomic E-state index is 0.135. The molecule has 8 aromatic rings. The van der Waals surface area contributed by atoms with E-state index in [4.69, 9.17) is 22.9 Å². The molecule has 11 heteroatoms. The minimum atomic E-state index is -0.309. The van der Waals surface area contributed by atoms with Crippen molar-refractivity contribution in [3.63, 3.8) is 0 Å². The van der Waals surface area contributed by atoms with Gasteiger partial charge in [-0.05, 0) is 46.5 Å². The Labute approximate surface area is 287 Å². The van der Waals surface area contributed by atoms with Gasteiger partial charge in [0.1, 0.15) is 17.4 Å². The molecule has 248 valence electrons. The van der Waals surface area contributed by atoms with Crippen LogP contribution in [0.3, 0.4) is 0 Å². The van der Waals surface area contributed by atoms with Gasteiger partial charge in [0.15, 0.2) is 0 Å². The molecule has 4 heterocycles.